The molecule has 0 radical (unpaired) electrons. The van der Waals surface area contributed by atoms with Crippen molar-refractivity contribution in [3.63, 3.8) is 0 Å². The maximum Gasteiger partial charge on any atom is 0.151 e. The average Bonchev–Trinajstić information content (AvgIpc) is 3.63. The predicted octanol–water partition coefficient (Wildman–Crippen LogP) is 6.73. The van der Waals surface area contributed by atoms with Gasteiger partial charge in [0.1, 0.15) is 0 Å². The molecule has 2 aromatic carbocycles. The third kappa shape index (κ3) is 9.36. The Balaban J connectivity index is 1.00. The van der Waals surface area contributed by atoms with E-state index < -0.39 is 0 Å². The lowest BCUT2D eigenvalue weighted by Crippen LogP contribution is -2.07. The summed E-state index contributed by atoms with van der Waals surface area (Å²) in [6.07, 6.45) is 18.1. The SMILES string of the molecule is C=Cc1ccc(Cn2nnnc2CCCCCCCCCCCCc2nnnn2Cc2ccc(C=C)cc2)cc1. The van der Waals surface area contributed by atoms with E-state index in [1.54, 1.807) is 0 Å². The van der Waals surface area contributed by atoms with E-state index in [2.05, 4.69) is 92.7 Å². The summed E-state index contributed by atoms with van der Waals surface area (Å²) in [5.41, 5.74) is 4.65. The molecule has 0 amide bonds. The minimum absolute atomic E-state index is 0.710. The van der Waals surface area contributed by atoms with Crippen LogP contribution in [-0.2, 0) is 25.9 Å². The van der Waals surface area contributed by atoms with E-state index >= 15 is 0 Å². The van der Waals surface area contributed by atoms with E-state index in [-0.39, 0.29) is 0 Å². The van der Waals surface area contributed by atoms with E-state index in [0.29, 0.717) is 13.1 Å². The van der Waals surface area contributed by atoms with Gasteiger partial charge >= 0.3 is 0 Å². The van der Waals surface area contributed by atoms with Gasteiger partial charge in [-0.05, 0) is 55.9 Å². The summed E-state index contributed by atoms with van der Waals surface area (Å²) in [7, 11) is 0. The molecule has 2 aromatic heterocycles. The van der Waals surface area contributed by atoms with Crippen molar-refractivity contribution < 1.29 is 0 Å². The Kier molecular flexibility index (Phi) is 11.8. The number of tetrazole rings is 2. The minimum Gasteiger partial charge on any atom is -0.225 e. The van der Waals surface area contributed by atoms with Crippen LogP contribution in [0, 0.1) is 0 Å². The summed E-state index contributed by atoms with van der Waals surface area (Å²) in [5.74, 6) is 1.95. The highest BCUT2D eigenvalue weighted by molar-refractivity contribution is 5.47. The summed E-state index contributed by atoms with van der Waals surface area (Å²) in [5, 5.41) is 24.7. The molecule has 2 heterocycles. The molecule has 0 atom stereocenters. The van der Waals surface area contributed by atoms with Crippen molar-refractivity contribution in [2.24, 2.45) is 0 Å². The number of hydrogen-bond donors (Lipinski definition) is 0. The van der Waals surface area contributed by atoms with Crippen molar-refractivity contribution in [2.45, 2.75) is 90.1 Å². The fourth-order valence-electron chi connectivity index (χ4n) is 4.89. The molecule has 0 N–H and O–H groups in total. The molecule has 0 fully saturated rings. The predicted molar refractivity (Wildman–Crippen MR) is 160 cm³/mol. The molecule has 8 nitrogen and oxygen atoms in total. The summed E-state index contributed by atoms with van der Waals surface area (Å²) in [6, 6.07) is 16.7. The highest BCUT2D eigenvalue weighted by Crippen LogP contribution is 2.14. The topological polar surface area (TPSA) is 87.2 Å². The number of aryl methyl sites for hydroxylation is 2. The van der Waals surface area contributed by atoms with Crippen LogP contribution in [0.2, 0.25) is 0 Å². The molecule has 4 aromatic rings. The van der Waals surface area contributed by atoms with Crippen LogP contribution in [0.4, 0.5) is 0 Å². The second-order valence-electron chi connectivity index (χ2n) is 10.4. The zero-order chi connectivity index (χ0) is 27.8. The van der Waals surface area contributed by atoms with Crippen molar-refractivity contribution in [1.82, 2.24) is 40.4 Å². The minimum atomic E-state index is 0.710. The molecular weight excluding hydrogens is 496 g/mol. The Morgan fingerprint density at radius 1 is 0.500 bits per heavy atom. The van der Waals surface area contributed by atoms with Gasteiger partial charge in [0.05, 0.1) is 13.1 Å². The van der Waals surface area contributed by atoms with E-state index in [0.717, 1.165) is 48.5 Å². The van der Waals surface area contributed by atoms with E-state index in [9.17, 15) is 0 Å². The molecule has 0 saturated carbocycles. The van der Waals surface area contributed by atoms with E-state index in [1.165, 1.54) is 62.5 Å². The Bertz CT molecular complexity index is 1190. The maximum absolute atomic E-state index is 4.24. The Morgan fingerprint density at radius 3 is 1.20 bits per heavy atom. The van der Waals surface area contributed by atoms with Gasteiger partial charge in [0.2, 0.25) is 0 Å². The molecule has 210 valence electrons. The van der Waals surface area contributed by atoms with Crippen molar-refractivity contribution >= 4 is 12.2 Å². The van der Waals surface area contributed by atoms with Gasteiger partial charge in [-0.1, -0.05) is 125 Å². The van der Waals surface area contributed by atoms with Gasteiger partial charge in [0.15, 0.2) is 11.6 Å². The van der Waals surface area contributed by atoms with Gasteiger partial charge in [-0.3, -0.25) is 0 Å². The van der Waals surface area contributed by atoms with Gasteiger partial charge in [-0.25, -0.2) is 9.36 Å². The van der Waals surface area contributed by atoms with Crippen LogP contribution in [0.1, 0.15) is 98.1 Å². The molecule has 0 saturated heterocycles. The van der Waals surface area contributed by atoms with Crippen LogP contribution >= 0.6 is 0 Å². The van der Waals surface area contributed by atoms with Gasteiger partial charge in [0.25, 0.3) is 0 Å². The fourth-order valence-corrected chi connectivity index (χ4v) is 4.89. The first-order valence-corrected chi connectivity index (χ1v) is 14.7. The molecule has 0 aliphatic heterocycles. The molecule has 0 spiro atoms. The number of benzene rings is 2. The van der Waals surface area contributed by atoms with E-state index in [4.69, 9.17) is 0 Å². The van der Waals surface area contributed by atoms with Crippen molar-refractivity contribution in [3.05, 3.63) is 95.6 Å². The largest absolute Gasteiger partial charge is 0.225 e. The van der Waals surface area contributed by atoms with Crippen molar-refractivity contribution in [3.8, 4) is 0 Å². The van der Waals surface area contributed by atoms with Gasteiger partial charge in [-0.2, -0.15) is 0 Å². The molecule has 0 unspecified atom stereocenters. The molecular formula is C32H42N8. The lowest BCUT2D eigenvalue weighted by molar-refractivity contribution is 0.537. The second kappa shape index (κ2) is 16.2. The van der Waals surface area contributed by atoms with E-state index in [1.807, 2.05) is 21.5 Å². The number of aromatic nitrogens is 8. The van der Waals surface area contributed by atoms with Gasteiger partial charge in [0, 0.05) is 12.8 Å². The quantitative estimate of drug-likeness (QED) is 0.123. The standard InChI is InChI=1S/C32H42N8/c1-3-27-17-21-29(22-18-27)25-39-31(33-35-37-39)15-13-11-9-7-5-6-8-10-12-14-16-32-34-36-38-40(32)26-30-23-19-28(4-2)20-24-30/h3-4,17-24H,1-2,5-16,25-26H2. The third-order valence-electron chi connectivity index (χ3n) is 7.36. The molecule has 0 aliphatic carbocycles. The average molecular weight is 539 g/mol. The van der Waals surface area contributed by atoms with Gasteiger partial charge < -0.3 is 0 Å². The van der Waals surface area contributed by atoms with Crippen LogP contribution in [-0.4, -0.2) is 40.4 Å². The zero-order valence-electron chi connectivity index (χ0n) is 23.7. The summed E-state index contributed by atoms with van der Waals surface area (Å²) in [4.78, 5) is 0. The number of hydrogen-bond acceptors (Lipinski definition) is 6. The zero-order valence-corrected chi connectivity index (χ0v) is 23.7. The highest BCUT2D eigenvalue weighted by atomic mass is 15.5. The Morgan fingerprint density at radius 2 is 0.850 bits per heavy atom. The van der Waals surface area contributed by atoms with Crippen LogP contribution in [0.25, 0.3) is 12.2 Å². The Hall–Kier alpha value is -3.94. The summed E-state index contributed by atoms with van der Waals surface area (Å²) >= 11 is 0. The number of unbranched alkanes of at least 4 members (excludes halogenated alkanes) is 9. The Labute approximate surface area is 238 Å². The monoisotopic (exact) mass is 538 g/mol. The lowest BCUT2D eigenvalue weighted by atomic mass is 10.0. The molecule has 8 heteroatoms. The van der Waals surface area contributed by atoms with Crippen LogP contribution < -0.4 is 0 Å². The normalized spacial score (nSPS) is 11.1. The number of nitrogens with zero attached hydrogens (tertiary/aromatic N) is 8. The summed E-state index contributed by atoms with van der Waals surface area (Å²) < 4.78 is 3.84. The molecule has 0 aliphatic rings. The smallest absolute Gasteiger partial charge is 0.151 e. The van der Waals surface area contributed by atoms with Crippen LogP contribution in [0.15, 0.2) is 61.7 Å². The van der Waals surface area contributed by atoms with Crippen molar-refractivity contribution in [2.75, 3.05) is 0 Å². The van der Waals surface area contributed by atoms with Crippen LogP contribution in [0.5, 0.6) is 0 Å². The van der Waals surface area contributed by atoms with Crippen LogP contribution in [0.3, 0.4) is 0 Å². The molecule has 4 rings (SSSR count). The first-order valence-electron chi connectivity index (χ1n) is 14.7. The molecule has 0 bridgehead atoms. The summed E-state index contributed by atoms with van der Waals surface area (Å²) in [6.45, 7) is 9.04. The maximum atomic E-state index is 4.24. The highest BCUT2D eigenvalue weighted by Gasteiger charge is 2.08. The molecule has 40 heavy (non-hydrogen) atoms. The first-order chi connectivity index (χ1) is 19.7. The number of rotatable bonds is 19. The second-order valence-corrected chi connectivity index (χ2v) is 10.4. The lowest BCUT2D eigenvalue weighted by Gasteiger charge is -2.06. The third-order valence-corrected chi connectivity index (χ3v) is 7.36. The fraction of sp³-hybridized carbons (Fsp3) is 0.438. The van der Waals surface area contributed by atoms with Crippen molar-refractivity contribution in [1.29, 1.82) is 0 Å². The first kappa shape index (κ1) is 29.1. The van der Waals surface area contributed by atoms with Gasteiger partial charge in [-0.15, -0.1) is 10.2 Å².